The second-order valence-electron chi connectivity index (χ2n) is 4.14. The molecule has 0 aliphatic rings. The highest BCUT2D eigenvalue weighted by Gasteiger charge is 2.03. The molecule has 0 aromatic heterocycles. The maximum atomic E-state index is 12.7. The van der Waals surface area contributed by atoms with Gasteiger partial charge in [-0.1, -0.05) is 42.5 Å². The van der Waals surface area contributed by atoms with Crippen LogP contribution >= 0.6 is 0 Å². The number of rotatable bonds is 4. The van der Waals surface area contributed by atoms with Crippen molar-refractivity contribution in [3.05, 3.63) is 71.5 Å². The van der Waals surface area contributed by atoms with E-state index in [-0.39, 0.29) is 18.2 Å². The van der Waals surface area contributed by atoms with E-state index in [1.165, 1.54) is 17.7 Å². The van der Waals surface area contributed by atoms with E-state index in [2.05, 4.69) is 24.4 Å². The summed E-state index contributed by atoms with van der Waals surface area (Å²) >= 11 is 0. The van der Waals surface area contributed by atoms with Crippen LogP contribution in [0.4, 0.5) is 4.39 Å². The molecule has 0 amide bonds. The van der Waals surface area contributed by atoms with Crippen molar-refractivity contribution in [3.63, 3.8) is 0 Å². The lowest BCUT2D eigenvalue weighted by molar-refractivity contribution is -0.00000414. The molecule has 0 aliphatic carbocycles. The molecule has 0 heterocycles. The van der Waals surface area contributed by atoms with Gasteiger partial charge in [0.05, 0.1) is 0 Å². The summed E-state index contributed by atoms with van der Waals surface area (Å²) < 4.78 is 12.7. The van der Waals surface area contributed by atoms with Crippen molar-refractivity contribution in [1.29, 1.82) is 0 Å². The second kappa shape index (κ2) is 7.14. The summed E-state index contributed by atoms with van der Waals surface area (Å²) in [6.07, 6.45) is 0. The molecule has 96 valence electrons. The monoisotopic (exact) mass is 264 g/mol. The van der Waals surface area contributed by atoms with Crippen LogP contribution in [0.15, 0.2) is 54.6 Å². The van der Waals surface area contributed by atoms with Crippen molar-refractivity contribution in [1.82, 2.24) is 5.32 Å². The van der Waals surface area contributed by atoms with E-state index in [1.807, 2.05) is 18.2 Å². The molecule has 0 aliphatic heterocycles. The molecule has 3 heteroatoms. The fraction of sp³-hybridized carbons (Fsp3) is 0.200. The minimum absolute atomic E-state index is 0. The van der Waals surface area contributed by atoms with Crippen molar-refractivity contribution >= 4 is 0 Å². The summed E-state index contributed by atoms with van der Waals surface area (Å²) in [6.45, 7) is 2.87. The zero-order chi connectivity index (χ0) is 12.1. The van der Waals surface area contributed by atoms with Crippen LogP contribution in [0.3, 0.4) is 0 Å². The van der Waals surface area contributed by atoms with Crippen molar-refractivity contribution in [2.75, 3.05) is 0 Å². The number of hydrogen-bond acceptors (Lipinski definition) is 1. The van der Waals surface area contributed by atoms with Crippen molar-refractivity contribution < 1.29 is 16.8 Å². The smallest absolute Gasteiger partial charge is 0.123 e. The first kappa shape index (κ1) is 14.7. The highest BCUT2D eigenvalue weighted by atomic mass is 35.5. The van der Waals surface area contributed by atoms with Gasteiger partial charge < -0.3 is 17.7 Å². The zero-order valence-electron chi connectivity index (χ0n) is 10.2. The molecule has 0 bridgehead atoms. The van der Waals surface area contributed by atoms with Gasteiger partial charge in [-0.25, -0.2) is 4.39 Å². The Morgan fingerprint density at radius 2 is 1.61 bits per heavy atom. The van der Waals surface area contributed by atoms with Gasteiger partial charge in [0, 0.05) is 12.6 Å². The fourth-order valence-electron chi connectivity index (χ4n) is 1.73. The first-order valence-electron chi connectivity index (χ1n) is 5.78. The maximum Gasteiger partial charge on any atom is 0.123 e. The maximum absolute atomic E-state index is 12.7. The Bertz CT molecular complexity index is 456. The van der Waals surface area contributed by atoms with Crippen molar-refractivity contribution in [2.45, 2.75) is 19.5 Å². The van der Waals surface area contributed by atoms with Crippen LogP contribution in [0.25, 0.3) is 0 Å². The molecule has 1 N–H and O–H groups in total. The summed E-state index contributed by atoms with van der Waals surface area (Å²) in [5, 5.41) is 3.41. The molecule has 1 unspecified atom stereocenters. The van der Waals surface area contributed by atoms with Crippen LogP contribution in [-0.2, 0) is 6.54 Å². The second-order valence-corrected chi connectivity index (χ2v) is 4.14. The molecular formula is C15H16ClFN-. The van der Waals surface area contributed by atoms with Gasteiger partial charge in [0.25, 0.3) is 0 Å². The molecular weight excluding hydrogens is 249 g/mol. The number of nitrogens with one attached hydrogen (secondary N) is 1. The van der Waals surface area contributed by atoms with Crippen LogP contribution in [0.1, 0.15) is 24.1 Å². The molecule has 2 aromatic rings. The first-order chi connectivity index (χ1) is 8.25. The van der Waals surface area contributed by atoms with Gasteiger partial charge in [-0.3, -0.25) is 0 Å². The van der Waals surface area contributed by atoms with Gasteiger partial charge in [-0.05, 0) is 30.2 Å². The van der Waals surface area contributed by atoms with E-state index in [0.717, 1.165) is 12.1 Å². The van der Waals surface area contributed by atoms with E-state index in [0.29, 0.717) is 6.04 Å². The molecule has 0 saturated carbocycles. The van der Waals surface area contributed by atoms with E-state index in [4.69, 9.17) is 0 Å². The minimum atomic E-state index is -0.190. The number of benzene rings is 2. The lowest BCUT2D eigenvalue weighted by atomic mass is 10.1. The van der Waals surface area contributed by atoms with Crippen molar-refractivity contribution in [3.8, 4) is 0 Å². The quantitative estimate of drug-likeness (QED) is 0.857. The van der Waals surface area contributed by atoms with Gasteiger partial charge in [-0.15, -0.1) is 0 Å². The Kier molecular flexibility index (Phi) is 5.83. The highest BCUT2D eigenvalue weighted by Crippen LogP contribution is 2.12. The average Bonchev–Trinajstić information content (AvgIpc) is 2.39. The molecule has 1 atom stereocenters. The predicted octanol–water partition coefficient (Wildman–Crippen LogP) is 0.680. The van der Waals surface area contributed by atoms with E-state index >= 15 is 0 Å². The predicted molar refractivity (Wildman–Crippen MR) is 68.1 cm³/mol. The third-order valence-corrected chi connectivity index (χ3v) is 2.83. The largest absolute Gasteiger partial charge is 1.00 e. The lowest BCUT2D eigenvalue weighted by Crippen LogP contribution is -3.00. The van der Waals surface area contributed by atoms with Gasteiger partial charge >= 0.3 is 0 Å². The highest BCUT2D eigenvalue weighted by molar-refractivity contribution is 5.19. The molecule has 1 nitrogen and oxygen atoms in total. The lowest BCUT2D eigenvalue weighted by Gasteiger charge is -2.14. The molecule has 0 fully saturated rings. The normalized spacial score (nSPS) is 11.7. The Balaban J connectivity index is 0.00000162. The fourth-order valence-corrected chi connectivity index (χ4v) is 1.73. The summed E-state index contributed by atoms with van der Waals surface area (Å²) in [4.78, 5) is 0. The Morgan fingerprint density at radius 1 is 1.00 bits per heavy atom. The van der Waals surface area contributed by atoms with Gasteiger partial charge in [0.2, 0.25) is 0 Å². The van der Waals surface area contributed by atoms with E-state index in [1.54, 1.807) is 12.1 Å². The van der Waals surface area contributed by atoms with Gasteiger partial charge in [0.15, 0.2) is 0 Å². The Labute approximate surface area is 113 Å². The summed E-state index contributed by atoms with van der Waals surface area (Å²) in [5.41, 5.74) is 2.35. The average molecular weight is 265 g/mol. The van der Waals surface area contributed by atoms with Crippen LogP contribution in [0.5, 0.6) is 0 Å². The summed E-state index contributed by atoms with van der Waals surface area (Å²) in [6, 6.07) is 17.2. The number of hydrogen-bond donors (Lipinski definition) is 1. The van der Waals surface area contributed by atoms with Gasteiger partial charge in [0.1, 0.15) is 5.82 Å². The van der Waals surface area contributed by atoms with Crippen LogP contribution in [0.2, 0.25) is 0 Å². The molecule has 2 aromatic carbocycles. The van der Waals surface area contributed by atoms with E-state index in [9.17, 15) is 4.39 Å². The first-order valence-corrected chi connectivity index (χ1v) is 5.78. The topological polar surface area (TPSA) is 12.0 Å². The molecule has 0 spiro atoms. The zero-order valence-corrected chi connectivity index (χ0v) is 11.0. The molecule has 18 heavy (non-hydrogen) atoms. The van der Waals surface area contributed by atoms with Gasteiger partial charge in [-0.2, -0.15) is 0 Å². The summed E-state index contributed by atoms with van der Waals surface area (Å²) in [5.74, 6) is -0.190. The molecule has 0 saturated heterocycles. The van der Waals surface area contributed by atoms with Crippen LogP contribution in [-0.4, -0.2) is 0 Å². The van der Waals surface area contributed by atoms with Crippen molar-refractivity contribution in [2.24, 2.45) is 0 Å². The Morgan fingerprint density at radius 3 is 2.22 bits per heavy atom. The third kappa shape index (κ3) is 4.13. The number of halogens is 2. The Hall–Kier alpha value is -1.38. The molecule has 2 rings (SSSR count). The SMILES string of the molecule is CC(NCc1ccc(F)cc1)c1ccccc1.[Cl-]. The molecule has 0 radical (unpaired) electrons. The van der Waals surface area contributed by atoms with E-state index < -0.39 is 0 Å². The standard InChI is InChI=1S/C15H16FN.ClH/c1-12(14-5-3-2-4-6-14)17-11-13-7-9-15(16)10-8-13;/h2-10,12,17H,11H2,1H3;1H/p-1. The van der Waals surface area contributed by atoms with Crippen LogP contribution in [0, 0.1) is 5.82 Å². The third-order valence-electron chi connectivity index (χ3n) is 2.83. The summed E-state index contributed by atoms with van der Waals surface area (Å²) in [7, 11) is 0. The van der Waals surface area contributed by atoms with Crippen LogP contribution < -0.4 is 17.7 Å². The minimum Gasteiger partial charge on any atom is -1.00 e.